The number of hydrogen-bond donors (Lipinski definition) is 0. The van der Waals surface area contributed by atoms with Crippen LogP contribution < -0.4 is 0 Å². The third-order valence-electron chi connectivity index (χ3n) is 4.86. The monoisotopic (exact) mass is 398 g/mol. The third-order valence-corrected chi connectivity index (χ3v) is 5.88. The van der Waals surface area contributed by atoms with Gasteiger partial charge in [-0.15, -0.1) is 0 Å². The second-order valence-electron chi connectivity index (χ2n) is 8.44. The second-order valence-corrected chi connectivity index (χ2v) is 10.3. The van der Waals surface area contributed by atoms with Crippen LogP contribution in [0.25, 0.3) is 5.52 Å². The zero-order valence-electron chi connectivity index (χ0n) is 17.4. The minimum atomic E-state index is -0.686. The lowest BCUT2D eigenvalue weighted by molar-refractivity contribution is 0.157. The molecule has 0 saturated carbocycles. The van der Waals surface area contributed by atoms with Crippen LogP contribution in [-0.4, -0.2) is 19.4 Å². The molecule has 0 saturated heterocycles. The first-order valence-corrected chi connectivity index (χ1v) is 10.8. The van der Waals surface area contributed by atoms with Crippen molar-refractivity contribution in [1.82, 2.24) is 9.61 Å². The standard InChI is InChI=1S/C25H26N2OSi/c1-19-17-23-18-22(15-16-27(23)26-19)25(28-29-24(2,3)4,20-11-7-5-8-12-20)21-13-9-6-10-14-21/h5-18H,1-4H3. The Hall–Kier alpha value is -2.69. The fourth-order valence-corrected chi connectivity index (χ4v) is 4.41. The van der Waals surface area contributed by atoms with Crippen molar-refractivity contribution in [3.63, 3.8) is 0 Å². The highest BCUT2D eigenvalue weighted by Crippen LogP contribution is 2.42. The molecule has 4 aromatic rings. The van der Waals surface area contributed by atoms with E-state index >= 15 is 0 Å². The lowest BCUT2D eigenvalue weighted by Crippen LogP contribution is -2.36. The molecular weight excluding hydrogens is 372 g/mol. The van der Waals surface area contributed by atoms with Gasteiger partial charge >= 0.3 is 0 Å². The van der Waals surface area contributed by atoms with E-state index in [1.165, 1.54) is 0 Å². The highest BCUT2D eigenvalue weighted by atomic mass is 28.2. The molecule has 2 aromatic heterocycles. The predicted octanol–water partition coefficient (Wildman–Crippen LogP) is 5.79. The maximum absolute atomic E-state index is 6.91. The zero-order valence-corrected chi connectivity index (χ0v) is 18.4. The highest BCUT2D eigenvalue weighted by molar-refractivity contribution is 6.32. The zero-order chi connectivity index (χ0) is 20.5. The summed E-state index contributed by atoms with van der Waals surface area (Å²) >= 11 is 0. The number of rotatable bonds is 5. The molecule has 29 heavy (non-hydrogen) atoms. The number of aromatic nitrogens is 2. The van der Waals surface area contributed by atoms with E-state index in [2.05, 4.69) is 105 Å². The first kappa shape index (κ1) is 19.6. The smallest absolute Gasteiger partial charge is 0.237 e. The fourth-order valence-electron chi connectivity index (χ4n) is 3.59. The van der Waals surface area contributed by atoms with Crippen molar-refractivity contribution in [3.05, 3.63) is 107 Å². The number of hydrogen-bond acceptors (Lipinski definition) is 2. The second kappa shape index (κ2) is 7.62. The summed E-state index contributed by atoms with van der Waals surface area (Å²) in [5, 5.41) is 4.61. The van der Waals surface area contributed by atoms with Crippen LogP contribution in [0.3, 0.4) is 0 Å². The maximum atomic E-state index is 6.91. The van der Waals surface area contributed by atoms with E-state index in [9.17, 15) is 0 Å². The van der Waals surface area contributed by atoms with Crippen molar-refractivity contribution in [1.29, 1.82) is 0 Å². The Morgan fingerprint density at radius 1 is 0.793 bits per heavy atom. The van der Waals surface area contributed by atoms with E-state index in [1.54, 1.807) is 0 Å². The largest absolute Gasteiger partial charge is 0.400 e. The van der Waals surface area contributed by atoms with E-state index < -0.39 is 5.60 Å². The molecule has 4 heteroatoms. The maximum Gasteiger partial charge on any atom is 0.237 e. The molecule has 0 aliphatic rings. The topological polar surface area (TPSA) is 26.5 Å². The summed E-state index contributed by atoms with van der Waals surface area (Å²) in [6.07, 6.45) is 2.03. The van der Waals surface area contributed by atoms with Gasteiger partial charge in [0, 0.05) is 6.20 Å². The van der Waals surface area contributed by atoms with Crippen LogP contribution in [0.2, 0.25) is 5.04 Å². The summed E-state index contributed by atoms with van der Waals surface area (Å²) < 4.78 is 8.83. The van der Waals surface area contributed by atoms with Gasteiger partial charge in [-0.1, -0.05) is 81.4 Å². The number of pyridine rings is 1. The van der Waals surface area contributed by atoms with Crippen molar-refractivity contribution < 1.29 is 4.43 Å². The van der Waals surface area contributed by atoms with Crippen LogP contribution in [0.5, 0.6) is 0 Å². The quantitative estimate of drug-likeness (QED) is 0.398. The van der Waals surface area contributed by atoms with Crippen molar-refractivity contribution in [2.75, 3.05) is 0 Å². The molecule has 0 N–H and O–H groups in total. The molecule has 2 aromatic carbocycles. The van der Waals surface area contributed by atoms with E-state index in [0.29, 0.717) is 9.76 Å². The van der Waals surface area contributed by atoms with Crippen LogP contribution in [0.1, 0.15) is 43.2 Å². The summed E-state index contributed by atoms with van der Waals surface area (Å²) in [7, 11) is 0.329. The molecule has 0 atom stereocenters. The Morgan fingerprint density at radius 2 is 1.38 bits per heavy atom. The van der Waals surface area contributed by atoms with Gasteiger partial charge in [0.2, 0.25) is 9.76 Å². The van der Waals surface area contributed by atoms with Gasteiger partial charge in [0.15, 0.2) is 0 Å². The van der Waals surface area contributed by atoms with E-state index in [0.717, 1.165) is 27.9 Å². The Kier molecular flexibility index (Phi) is 5.15. The third kappa shape index (κ3) is 3.91. The van der Waals surface area contributed by atoms with Gasteiger partial charge in [-0.05, 0) is 46.9 Å². The van der Waals surface area contributed by atoms with E-state index in [-0.39, 0.29) is 5.04 Å². The molecule has 0 bridgehead atoms. The fraction of sp³-hybridized carbons (Fsp3) is 0.240. The van der Waals surface area contributed by atoms with Gasteiger partial charge in [-0.25, -0.2) is 4.52 Å². The van der Waals surface area contributed by atoms with Gasteiger partial charge in [0.1, 0.15) is 5.60 Å². The summed E-state index contributed by atoms with van der Waals surface area (Å²) in [5.74, 6) is 0. The number of nitrogens with zero attached hydrogens (tertiary/aromatic N) is 2. The van der Waals surface area contributed by atoms with Gasteiger partial charge in [-0.2, -0.15) is 5.10 Å². The lowest BCUT2D eigenvalue weighted by atomic mass is 9.80. The minimum absolute atomic E-state index is 0.0616. The van der Waals surface area contributed by atoms with Crippen molar-refractivity contribution in [3.8, 4) is 0 Å². The Balaban J connectivity index is 1.99. The SMILES string of the molecule is Cc1cc2cc(C(O[Si]C(C)(C)C)(c3ccccc3)c3ccccc3)ccn2n1. The molecule has 0 aliphatic carbocycles. The van der Waals surface area contributed by atoms with Gasteiger partial charge in [0.25, 0.3) is 0 Å². The molecule has 2 radical (unpaired) electrons. The van der Waals surface area contributed by atoms with Crippen molar-refractivity contribution >= 4 is 15.3 Å². The van der Waals surface area contributed by atoms with Gasteiger partial charge in [0.05, 0.1) is 11.2 Å². The first-order chi connectivity index (χ1) is 13.9. The molecule has 2 heterocycles. The lowest BCUT2D eigenvalue weighted by Gasteiger charge is -2.38. The summed E-state index contributed by atoms with van der Waals surface area (Å²) in [6, 6.07) is 27.5. The molecule has 0 fully saturated rings. The normalized spacial score (nSPS) is 12.4. The number of benzene rings is 2. The van der Waals surface area contributed by atoms with Gasteiger partial charge < -0.3 is 4.43 Å². The summed E-state index contributed by atoms with van der Waals surface area (Å²) in [6.45, 7) is 8.67. The molecule has 0 spiro atoms. The van der Waals surface area contributed by atoms with Crippen molar-refractivity contribution in [2.24, 2.45) is 0 Å². The number of fused-ring (bicyclic) bond motifs is 1. The Labute approximate surface area is 175 Å². The minimum Gasteiger partial charge on any atom is -0.400 e. The average Bonchev–Trinajstić information content (AvgIpc) is 3.09. The van der Waals surface area contributed by atoms with E-state index in [4.69, 9.17) is 4.43 Å². The molecule has 0 aliphatic heterocycles. The van der Waals surface area contributed by atoms with E-state index in [1.807, 2.05) is 17.6 Å². The van der Waals surface area contributed by atoms with Crippen LogP contribution in [0, 0.1) is 6.92 Å². The summed E-state index contributed by atoms with van der Waals surface area (Å²) in [5.41, 5.74) is 4.75. The molecule has 3 nitrogen and oxygen atoms in total. The van der Waals surface area contributed by atoms with Crippen LogP contribution in [-0.2, 0) is 10.0 Å². The van der Waals surface area contributed by atoms with Crippen LogP contribution in [0.4, 0.5) is 0 Å². The van der Waals surface area contributed by atoms with Crippen LogP contribution in [0.15, 0.2) is 85.1 Å². The highest BCUT2D eigenvalue weighted by Gasteiger charge is 2.39. The average molecular weight is 399 g/mol. The molecule has 0 amide bonds. The molecular formula is C25H26N2OSi. The Morgan fingerprint density at radius 3 is 1.93 bits per heavy atom. The Bertz CT molecular complexity index is 1060. The van der Waals surface area contributed by atoms with Gasteiger partial charge in [-0.3, -0.25) is 0 Å². The predicted molar refractivity (Wildman–Crippen MR) is 119 cm³/mol. The molecule has 4 rings (SSSR count). The first-order valence-electron chi connectivity index (χ1n) is 9.91. The molecule has 146 valence electrons. The van der Waals surface area contributed by atoms with Crippen LogP contribution >= 0.6 is 0 Å². The molecule has 0 unspecified atom stereocenters. The van der Waals surface area contributed by atoms with Crippen molar-refractivity contribution in [2.45, 2.75) is 38.3 Å². The summed E-state index contributed by atoms with van der Waals surface area (Å²) in [4.78, 5) is 0. The number of aryl methyl sites for hydroxylation is 1.